The Bertz CT molecular complexity index is 663. The van der Waals surface area contributed by atoms with Crippen molar-refractivity contribution in [2.75, 3.05) is 5.73 Å². The van der Waals surface area contributed by atoms with Gasteiger partial charge in [0.2, 0.25) is 0 Å². The summed E-state index contributed by atoms with van der Waals surface area (Å²) in [6.07, 6.45) is -3.51. The predicted octanol–water partition coefficient (Wildman–Crippen LogP) is 3.56. The van der Waals surface area contributed by atoms with Crippen LogP contribution in [0.2, 0.25) is 0 Å². The lowest BCUT2D eigenvalue weighted by molar-refractivity contribution is -0.141. The molecule has 0 amide bonds. The number of halogens is 5. The average Bonchev–Trinajstić information content (AvgIpc) is 2.38. The Morgan fingerprint density at radius 1 is 1.29 bits per heavy atom. The standard InChI is InChI=1S/C12H8BrF4N3O/c13-8-4-19-10(18)11(20-8)21-5-6-2-1-3-7(14)9(6)12(15,16)17/h1-4H,5H2,(H2,18,19). The molecule has 21 heavy (non-hydrogen) atoms. The molecule has 9 heteroatoms. The highest BCUT2D eigenvalue weighted by atomic mass is 79.9. The van der Waals surface area contributed by atoms with E-state index in [0.717, 1.165) is 12.1 Å². The second-order valence-electron chi connectivity index (χ2n) is 3.94. The number of alkyl halides is 3. The molecule has 0 aliphatic heterocycles. The van der Waals surface area contributed by atoms with Crippen LogP contribution >= 0.6 is 15.9 Å². The van der Waals surface area contributed by atoms with Gasteiger partial charge in [0.1, 0.15) is 17.0 Å². The molecule has 2 N–H and O–H groups in total. The number of hydrogen-bond acceptors (Lipinski definition) is 4. The van der Waals surface area contributed by atoms with Crippen LogP contribution in [0.3, 0.4) is 0 Å². The molecule has 0 aliphatic carbocycles. The van der Waals surface area contributed by atoms with Crippen molar-refractivity contribution < 1.29 is 22.3 Å². The van der Waals surface area contributed by atoms with E-state index < -0.39 is 24.2 Å². The van der Waals surface area contributed by atoms with Crippen LogP contribution in [-0.4, -0.2) is 9.97 Å². The lowest BCUT2D eigenvalue weighted by Gasteiger charge is -2.14. The maximum atomic E-state index is 13.4. The van der Waals surface area contributed by atoms with Crippen molar-refractivity contribution in [1.82, 2.24) is 9.97 Å². The molecule has 1 aromatic heterocycles. The Kier molecular flexibility index (Phi) is 4.31. The van der Waals surface area contributed by atoms with Gasteiger partial charge in [0.15, 0.2) is 5.82 Å². The SMILES string of the molecule is Nc1ncc(Br)nc1OCc1cccc(F)c1C(F)(F)F. The summed E-state index contributed by atoms with van der Waals surface area (Å²) in [5.74, 6) is -1.58. The van der Waals surface area contributed by atoms with Gasteiger partial charge in [-0.2, -0.15) is 13.2 Å². The second kappa shape index (κ2) is 5.84. The Balaban J connectivity index is 2.29. The lowest BCUT2D eigenvalue weighted by Crippen LogP contribution is -2.14. The van der Waals surface area contributed by atoms with Gasteiger partial charge in [-0.1, -0.05) is 12.1 Å². The minimum absolute atomic E-state index is 0.0804. The largest absolute Gasteiger partial charge is 0.470 e. The highest BCUT2D eigenvalue weighted by Crippen LogP contribution is 2.34. The highest BCUT2D eigenvalue weighted by molar-refractivity contribution is 9.10. The molecule has 2 aromatic rings. The van der Waals surface area contributed by atoms with Crippen molar-refractivity contribution in [2.24, 2.45) is 0 Å². The fourth-order valence-corrected chi connectivity index (χ4v) is 1.88. The first-order valence-electron chi connectivity index (χ1n) is 5.54. The van der Waals surface area contributed by atoms with Gasteiger partial charge in [-0.3, -0.25) is 0 Å². The third-order valence-corrected chi connectivity index (χ3v) is 2.87. The maximum Gasteiger partial charge on any atom is 0.419 e. The number of hydrogen-bond donors (Lipinski definition) is 1. The van der Waals surface area contributed by atoms with Crippen LogP contribution in [-0.2, 0) is 12.8 Å². The van der Waals surface area contributed by atoms with Gasteiger partial charge < -0.3 is 10.5 Å². The molecule has 2 rings (SSSR count). The molecule has 0 saturated heterocycles. The summed E-state index contributed by atoms with van der Waals surface area (Å²) < 4.78 is 57.3. The van der Waals surface area contributed by atoms with E-state index >= 15 is 0 Å². The van der Waals surface area contributed by atoms with E-state index in [4.69, 9.17) is 10.5 Å². The summed E-state index contributed by atoms with van der Waals surface area (Å²) in [4.78, 5) is 7.56. The highest BCUT2D eigenvalue weighted by Gasteiger charge is 2.36. The van der Waals surface area contributed by atoms with Gasteiger partial charge >= 0.3 is 6.18 Å². The molecule has 4 nitrogen and oxygen atoms in total. The first-order chi connectivity index (χ1) is 9.79. The topological polar surface area (TPSA) is 61.0 Å². The van der Waals surface area contributed by atoms with Crippen LogP contribution in [0.15, 0.2) is 29.0 Å². The normalized spacial score (nSPS) is 11.5. The molecule has 0 saturated carbocycles. The molecule has 0 bridgehead atoms. The van der Waals surface area contributed by atoms with Crippen LogP contribution in [0.4, 0.5) is 23.4 Å². The number of aromatic nitrogens is 2. The Labute approximate surface area is 125 Å². The van der Waals surface area contributed by atoms with Crippen LogP contribution in [0.25, 0.3) is 0 Å². The summed E-state index contributed by atoms with van der Waals surface area (Å²) in [7, 11) is 0. The summed E-state index contributed by atoms with van der Waals surface area (Å²) >= 11 is 3.03. The molecule has 1 heterocycles. The van der Waals surface area contributed by atoms with Gasteiger partial charge in [0, 0.05) is 5.56 Å². The lowest BCUT2D eigenvalue weighted by atomic mass is 10.1. The van der Waals surface area contributed by atoms with E-state index in [1.54, 1.807) is 0 Å². The number of nitrogens with zero attached hydrogens (tertiary/aromatic N) is 2. The number of nitrogens with two attached hydrogens (primary N) is 1. The first-order valence-corrected chi connectivity index (χ1v) is 6.33. The molecule has 0 aliphatic rings. The fraction of sp³-hybridized carbons (Fsp3) is 0.167. The van der Waals surface area contributed by atoms with E-state index in [2.05, 4.69) is 25.9 Å². The van der Waals surface area contributed by atoms with E-state index in [1.165, 1.54) is 12.3 Å². The Morgan fingerprint density at radius 2 is 2.00 bits per heavy atom. The van der Waals surface area contributed by atoms with Gasteiger partial charge in [0.25, 0.3) is 5.88 Å². The smallest absolute Gasteiger partial charge is 0.419 e. The Hall–Kier alpha value is -1.90. The van der Waals surface area contributed by atoms with Gasteiger partial charge in [-0.15, -0.1) is 0 Å². The van der Waals surface area contributed by atoms with E-state index in [1.807, 2.05) is 0 Å². The molecule has 0 spiro atoms. The first kappa shape index (κ1) is 15.5. The zero-order valence-corrected chi connectivity index (χ0v) is 11.9. The molecule has 112 valence electrons. The number of anilines is 1. The van der Waals surface area contributed by atoms with Gasteiger partial charge in [0.05, 0.1) is 11.8 Å². The zero-order valence-electron chi connectivity index (χ0n) is 10.3. The summed E-state index contributed by atoms with van der Waals surface area (Å²) in [6, 6.07) is 3.02. The van der Waals surface area contributed by atoms with Crippen molar-refractivity contribution in [3.8, 4) is 5.88 Å². The Morgan fingerprint density at radius 3 is 2.67 bits per heavy atom. The van der Waals surface area contributed by atoms with Crippen LogP contribution in [0.1, 0.15) is 11.1 Å². The van der Waals surface area contributed by atoms with E-state index in [0.29, 0.717) is 4.60 Å². The molecular formula is C12H8BrF4N3O. The van der Waals surface area contributed by atoms with Crippen LogP contribution in [0, 0.1) is 5.82 Å². The number of rotatable bonds is 3. The minimum atomic E-state index is -4.82. The summed E-state index contributed by atoms with van der Waals surface area (Å²) in [5.41, 5.74) is 3.76. The molecular weight excluding hydrogens is 358 g/mol. The van der Waals surface area contributed by atoms with Crippen molar-refractivity contribution in [2.45, 2.75) is 12.8 Å². The molecule has 0 fully saturated rings. The second-order valence-corrected chi connectivity index (χ2v) is 4.76. The average molecular weight is 366 g/mol. The summed E-state index contributed by atoms with van der Waals surface area (Å²) in [5, 5.41) is 0. The predicted molar refractivity (Wildman–Crippen MR) is 69.9 cm³/mol. The van der Waals surface area contributed by atoms with Gasteiger partial charge in [-0.05, 0) is 22.0 Å². The quantitative estimate of drug-likeness (QED) is 0.844. The minimum Gasteiger partial charge on any atom is -0.470 e. The van der Waals surface area contributed by atoms with Crippen molar-refractivity contribution in [3.63, 3.8) is 0 Å². The van der Waals surface area contributed by atoms with Crippen LogP contribution in [0.5, 0.6) is 5.88 Å². The van der Waals surface area contributed by atoms with E-state index in [9.17, 15) is 17.6 Å². The van der Waals surface area contributed by atoms with Crippen molar-refractivity contribution >= 4 is 21.7 Å². The molecule has 0 radical (unpaired) electrons. The monoisotopic (exact) mass is 365 g/mol. The van der Waals surface area contributed by atoms with Gasteiger partial charge in [-0.25, -0.2) is 14.4 Å². The number of benzene rings is 1. The number of ether oxygens (including phenoxy) is 1. The summed E-state index contributed by atoms with van der Waals surface area (Å²) in [6.45, 7) is -0.540. The third kappa shape index (κ3) is 3.60. The van der Waals surface area contributed by atoms with Crippen molar-refractivity contribution in [3.05, 3.63) is 45.9 Å². The zero-order chi connectivity index (χ0) is 15.6. The van der Waals surface area contributed by atoms with Crippen molar-refractivity contribution in [1.29, 1.82) is 0 Å². The van der Waals surface area contributed by atoms with Crippen LogP contribution < -0.4 is 10.5 Å². The number of nitrogen functional groups attached to an aromatic ring is 1. The fourth-order valence-electron chi connectivity index (χ4n) is 1.62. The maximum absolute atomic E-state index is 13.4. The molecule has 0 atom stereocenters. The van der Waals surface area contributed by atoms with E-state index in [-0.39, 0.29) is 17.3 Å². The molecule has 0 unspecified atom stereocenters. The molecule has 1 aromatic carbocycles. The third-order valence-electron chi connectivity index (χ3n) is 2.49.